The van der Waals surface area contributed by atoms with Gasteiger partial charge in [0.05, 0.1) is 26.2 Å². The van der Waals surface area contributed by atoms with Crippen LogP contribution in [0.1, 0.15) is 23.1 Å². The fraction of sp³-hybridized carbons (Fsp3) is 0.217. The van der Waals surface area contributed by atoms with Crippen molar-refractivity contribution in [2.75, 3.05) is 14.2 Å². The van der Waals surface area contributed by atoms with E-state index in [1.807, 2.05) is 54.6 Å². The molecule has 1 aromatic heterocycles. The zero-order chi connectivity index (χ0) is 21.9. The Kier molecular flexibility index (Phi) is 7.93. The van der Waals surface area contributed by atoms with E-state index < -0.39 is 5.97 Å². The van der Waals surface area contributed by atoms with Crippen molar-refractivity contribution >= 4 is 17.3 Å². The van der Waals surface area contributed by atoms with Gasteiger partial charge in [0.1, 0.15) is 24.8 Å². The summed E-state index contributed by atoms with van der Waals surface area (Å²) >= 11 is 0. The molecule has 0 saturated carbocycles. The van der Waals surface area contributed by atoms with Crippen LogP contribution in [0.3, 0.4) is 0 Å². The molecule has 0 radical (unpaired) electrons. The third-order valence-electron chi connectivity index (χ3n) is 4.49. The molecular weight excluding hydrogens is 396 g/mol. The number of carbonyl (C=O) groups is 1. The minimum absolute atomic E-state index is 0.174. The molecule has 160 valence electrons. The molecule has 0 aliphatic carbocycles. The van der Waals surface area contributed by atoms with Crippen LogP contribution in [-0.2, 0) is 32.3 Å². The average Bonchev–Trinajstić information content (AvgIpc) is 3.34. The maximum absolute atomic E-state index is 12.2. The third-order valence-corrected chi connectivity index (χ3v) is 4.49. The Balaban J connectivity index is 1.79. The minimum atomic E-state index is -0.490. The van der Waals surface area contributed by atoms with E-state index in [-0.39, 0.29) is 6.61 Å². The molecule has 0 fully saturated rings. The molecule has 0 aliphatic heterocycles. The Labute approximate surface area is 180 Å². The van der Waals surface area contributed by atoms with Crippen LogP contribution in [-0.4, -0.2) is 40.7 Å². The lowest BCUT2D eigenvalue weighted by atomic mass is 10.0. The van der Waals surface area contributed by atoms with Gasteiger partial charge in [-0.1, -0.05) is 59.8 Å². The first-order chi connectivity index (χ1) is 15.2. The van der Waals surface area contributed by atoms with Gasteiger partial charge in [-0.2, -0.15) is 5.10 Å². The average molecular weight is 420 g/mol. The second kappa shape index (κ2) is 11.3. The zero-order valence-corrected chi connectivity index (χ0v) is 17.5. The van der Waals surface area contributed by atoms with Crippen LogP contribution >= 0.6 is 0 Å². The van der Waals surface area contributed by atoms with Gasteiger partial charge >= 0.3 is 5.97 Å². The van der Waals surface area contributed by atoms with Gasteiger partial charge in [-0.05, 0) is 11.1 Å². The van der Waals surface area contributed by atoms with Gasteiger partial charge in [0.2, 0.25) is 0 Å². The highest BCUT2D eigenvalue weighted by Gasteiger charge is 2.17. The first kappa shape index (κ1) is 21.8. The molecular formula is C23H24N4O4. The molecule has 0 unspecified atom stereocenters. The Morgan fingerprint density at radius 2 is 1.87 bits per heavy atom. The summed E-state index contributed by atoms with van der Waals surface area (Å²) in [5, 5.41) is 8.52. The van der Waals surface area contributed by atoms with Gasteiger partial charge in [0.25, 0.3) is 0 Å². The molecule has 0 spiro atoms. The first-order valence-electron chi connectivity index (χ1n) is 9.69. The van der Waals surface area contributed by atoms with Crippen molar-refractivity contribution in [3.63, 3.8) is 0 Å². The quantitative estimate of drug-likeness (QED) is 0.164. The predicted molar refractivity (Wildman–Crippen MR) is 116 cm³/mol. The van der Waals surface area contributed by atoms with E-state index in [9.17, 15) is 4.79 Å². The molecule has 8 heteroatoms. The van der Waals surface area contributed by atoms with Gasteiger partial charge < -0.3 is 14.3 Å². The van der Waals surface area contributed by atoms with Gasteiger partial charge in [0, 0.05) is 18.5 Å². The molecule has 31 heavy (non-hydrogen) atoms. The van der Waals surface area contributed by atoms with Crippen molar-refractivity contribution in [1.82, 2.24) is 14.8 Å². The van der Waals surface area contributed by atoms with Gasteiger partial charge in [-0.3, -0.25) is 4.68 Å². The van der Waals surface area contributed by atoms with Crippen molar-refractivity contribution < 1.29 is 19.1 Å². The maximum Gasteiger partial charge on any atom is 0.341 e. The van der Waals surface area contributed by atoms with Crippen molar-refractivity contribution in [1.29, 1.82) is 0 Å². The molecule has 0 saturated heterocycles. The van der Waals surface area contributed by atoms with Crippen molar-refractivity contribution in [2.24, 2.45) is 5.16 Å². The number of hydrogen-bond donors (Lipinski definition) is 0. The molecule has 3 rings (SSSR count). The van der Waals surface area contributed by atoms with Crippen LogP contribution in [0.25, 0.3) is 5.57 Å². The molecule has 0 N–H and O–H groups in total. The number of ether oxygens (including phenoxy) is 2. The van der Waals surface area contributed by atoms with Crippen LogP contribution in [0.4, 0.5) is 0 Å². The van der Waals surface area contributed by atoms with Gasteiger partial charge in [0.15, 0.2) is 0 Å². The summed E-state index contributed by atoms with van der Waals surface area (Å²) in [5.41, 5.74) is 3.50. The standard InChI is InChI=1S/C23H24N4O4/c1-29-15-21(23(28)30-2)20-11-7-6-10-19(20)14-31-26-22(18-8-4-3-5-9-18)12-13-27-17-24-16-25-27/h3-11,15-17H,12-14H2,1-2H3/b21-15-,26-22-. The second-order valence-corrected chi connectivity index (χ2v) is 6.50. The summed E-state index contributed by atoms with van der Waals surface area (Å²) in [5.74, 6) is -0.490. The lowest BCUT2D eigenvalue weighted by molar-refractivity contribution is -0.133. The molecule has 0 bridgehead atoms. The van der Waals surface area contributed by atoms with Crippen molar-refractivity contribution in [3.8, 4) is 0 Å². The number of oxime groups is 1. The Morgan fingerprint density at radius 3 is 2.58 bits per heavy atom. The highest BCUT2D eigenvalue weighted by Crippen LogP contribution is 2.22. The van der Waals surface area contributed by atoms with Crippen molar-refractivity contribution in [3.05, 3.63) is 90.2 Å². The normalized spacial score (nSPS) is 11.8. The van der Waals surface area contributed by atoms with Crippen LogP contribution in [0.15, 0.2) is 78.7 Å². The number of methoxy groups -OCH3 is 2. The highest BCUT2D eigenvalue weighted by molar-refractivity contribution is 6.16. The first-order valence-corrected chi connectivity index (χ1v) is 9.69. The van der Waals surface area contributed by atoms with Crippen LogP contribution in [0.2, 0.25) is 0 Å². The third kappa shape index (κ3) is 6.02. The number of aryl methyl sites for hydroxylation is 1. The number of aromatic nitrogens is 3. The van der Waals surface area contributed by atoms with Crippen LogP contribution in [0.5, 0.6) is 0 Å². The van der Waals surface area contributed by atoms with E-state index in [4.69, 9.17) is 14.3 Å². The number of nitrogens with zero attached hydrogens (tertiary/aromatic N) is 4. The number of esters is 1. The fourth-order valence-electron chi connectivity index (χ4n) is 2.98. The monoisotopic (exact) mass is 420 g/mol. The molecule has 0 amide bonds. The predicted octanol–water partition coefficient (Wildman–Crippen LogP) is 3.45. The van der Waals surface area contributed by atoms with E-state index in [2.05, 4.69) is 15.2 Å². The SMILES string of the molecule is CO/C=C(\C(=O)OC)c1ccccc1CO/N=C(/CCn1cncn1)c1ccccc1. The van der Waals surface area contributed by atoms with Crippen molar-refractivity contribution in [2.45, 2.75) is 19.6 Å². The minimum Gasteiger partial charge on any atom is -0.503 e. The lowest BCUT2D eigenvalue weighted by Gasteiger charge is -2.12. The summed E-state index contributed by atoms with van der Waals surface area (Å²) in [4.78, 5) is 21.8. The van der Waals surface area contributed by atoms with E-state index in [0.717, 1.165) is 16.8 Å². The lowest BCUT2D eigenvalue weighted by Crippen LogP contribution is -2.09. The molecule has 0 atom stereocenters. The summed E-state index contributed by atoms with van der Waals surface area (Å²) in [6.07, 6.45) is 5.14. The van der Waals surface area contributed by atoms with Crippen LogP contribution < -0.4 is 0 Å². The molecule has 3 aromatic rings. The summed E-state index contributed by atoms with van der Waals surface area (Å²) in [7, 11) is 2.81. The van der Waals surface area contributed by atoms with E-state index in [0.29, 0.717) is 24.1 Å². The zero-order valence-electron chi connectivity index (χ0n) is 17.5. The maximum atomic E-state index is 12.2. The second-order valence-electron chi connectivity index (χ2n) is 6.50. The summed E-state index contributed by atoms with van der Waals surface area (Å²) in [6, 6.07) is 17.2. The van der Waals surface area contributed by atoms with E-state index >= 15 is 0 Å². The number of carbonyl (C=O) groups excluding carboxylic acids is 1. The molecule has 0 aliphatic rings. The van der Waals surface area contributed by atoms with Crippen LogP contribution in [0, 0.1) is 0 Å². The Hall–Kier alpha value is -3.94. The molecule has 8 nitrogen and oxygen atoms in total. The summed E-state index contributed by atoms with van der Waals surface area (Å²) in [6.45, 7) is 0.796. The Morgan fingerprint density at radius 1 is 1.10 bits per heavy atom. The largest absolute Gasteiger partial charge is 0.503 e. The fourth-order valence-corrected chi connectivity index (χ4v) is 2.98. The molecule has 2 aromatic carbocycles. The summed E-state index contributed by atoms with van der Waals surface area (Å²) < 4.78 is 11.7. The highest BCUT2D eigenvalue weighted by atomic mass is 16.6. The van der Waals surface area contributed by atoms with E-state index in [1.54, 1.807) is 11.0 Å². The topological polar surface area (TPSA) is 87.8 Å². The van der Waals surface area contributed by atoms with Gasteiger partial charge in [-0.25, -0.2) is 9.78 Å². The number of benzene rings is 2. The number of rotatable bonds is 10. The smallest absolute Gasteiger partial charge is 0.341 e. The molecule has 1 heterocycles. The van der Waals surface area contributed by atoms with E-state index in [1.165, 1.54) is 26.8 Å². The van der Waals surface area contributed by atoms with Gasteiger partial charge in [-0.15, -0.1) is 0 Å². The Bertz CT molecular complexity index is 1030. The number of hydrogen-bond acceptors (Lipinski definition) is 7.